The van der Waals surface area contributed by atoms with E-state index in [1.807, 2.05) is 0 Å². The van der Waals surface area contributed by atoms with E-state index in [1.54, 1.807) is 0 Å². The van der Waals surface area contributed by atoms with Gasteiger partial charge in [0.2, 0.25) is 0 Å². The summed E-state index contributed by atoms with van der Waals surface area (Å²) < 4.78 is 11.5. The minimum absolute atomic E-state index is 0.0711. The summed E-state index contributed by atoms with van der Waals surface area (Å²) >= 11 is 0. The van der Waals surface area contributed by atoms with Crippen molar-refractivity contribution in [2.24, 2.45) is 5.92 Å². The first kappa shape index (κ1) is 13.5. The highest BCUT2D eigenvalue weighted by Gasteiger charge is 2.47. The largest absolute Gasteiger partial charge is 0.390 e. The van der Waals surface area contributed by atoms with Gasteiger partial charge in [0.1, 0.15) is 5.78 Å². The normalized spacial score (nSPS) is 34.4. The Morgan fingerprint density at radius 2 is 1.74 bits per heavy atom. The summed E-state index contributed by atoms with van der Waals surface area (Å²) in [7, 11) is 0. The van der Waals surface area contributed by atoms with Crippen LogP contribution in [0, 0.1) is 5.92 Å². The first-order valence-corrected chi connectivity index (χ1v) is 7.58. The lowest BCUT2D eigenvalue weighted by Crippen LogP contribution is -2.51. The molecule has 3 fully saturated rings. The van der Waals surface area contributed by atoms with Gasteiger partial charge in [-0.05, 0) is 44.4 Å². The summed E-state index contributed by atoms with van der Waals surface area (Å²) in [5.74, 6) is 0.588. The number of aliphatic hydroxyl groups is 1. The van der Waals surface area contributed by atoms with Crippen LogP contribution in [-0.4, -0.2) is 41.9 Å². The van der Waals surface area contributed by atoms with Gasteiger partial charge in [-0.3, -0.25) is 4.79 Å². The third kappa shape index (κ3) is 2.71. The maximum Gasteiger partial charge on any atom is 0.133 e. The molecule has 1 spiro atoms. The second kappa shape index (κ2) is 5.15. The highest BCUT2D eigenvalue weighted by molar-refractivity contribution is 5.79. The Bertz CT molecular complexity index is 331. The number of ketones is 1. The molecule has 1 saturated carbocycles. The van der Waals surface area contributed by atoms with Gasteiger partial charge in [-0.15, -0.1) is 0 Å². The van der Waals surface area contributed by atoms with Crippen LogP contribution in [0.3, 0.4) is 0 Å². The number of carbonyl (C=O) groups is 1. The zero-order valence-corrected chi connectivity index (χ0v) is 11.5. The fourth-order valence-electron chi connectivity index (χ4n) is 3.95. The smallest absolute Gasteiger partial charge is 0.133 e. The molecule has 4 nitrogen and oxygen atoms in total. The van der Waals surface area contributed by atoms with Crippen molar-refractivity contribution in [1.82, 2.24) is 0 Å². The van der Waals surface area contributed by atoms with Gasteiger partial charge < -0.3 is 14.6 Å². The number of ether oxygens (including phenoxy) is 2. The molecule has 2 heterocycles. The maximum absolute atomic E-state index is 11.4. The van der Waals surface area contributed by atoms with Crippen LogP contribution in [0.5, 0.6) is 0 Å². The SMILES string of the molecule is O=C1CCC(O)(C2CCOC3(CCOCC3)C2)CC1. The average Bonchev–Trinajstić information content (AvgIpc) is 2.43. The molecular weight excluding hydrogens is 244 g/mol. The molecule has 1 atom stereocenters. The molecule has 0 amide bonds. The van der Waals surface area contributed by atoms with Crippen LogP contribution in [0.2, 0.25) is 0 Å². The molecule has 3 aliphatic rings. The summed E-state index contributed by atoms with van der Waals surface area (Å²) in [6.45, 7) is 2.27. The summed E-state index contributed by atoms with van der Waals surface area (Å²) in [6.07, 6.45) is 6.12. The molecule has 0 aromatic rings. The minimum atomic E-state index is -0.636. The van der Waals surface area contributed by atoms with Crippen LogP contribution >= 0.6 is 0 Å². The van der Waals surface area contributed by atoms with E-state index in [2.05, 4.69) is 0 Å². The van der Waals surface area contributed by atoms with E-state index in [0.717, 1.165) is 45.5 Å². The molecule has 4 heteroatoms. The average molecular weight is 268 g/mol. The second-order valence-corrected chi connectivity index (χ2v) is 6.48. The Hall–Kier alpha value is -0.450. The molecule has 3 rings (SSSR count). The first-order valence-electron chi connectivity index (χ1n) is 7.58. The summed E-state index contributed by atoms with van der Waals surface area (Å²) in [4.78, 5) is 11.4. The topological polar surface area (TPSA) is 55.8 Å². The van der Waals surface area contributed by atoms with Crippen LogP contribution in [-0.2, 0) is 14.3 Å². The van der Waals surface area contributed by atoms with Crippen LogP contribution in [0.15, 0.2) is 0 Å². The lowest BCUT2D eigenvalue weighted by molar-refractivity contribution is -0.180. The third-order valence-corrected chi connectivity index (χ3v) is 5.33. The number of Topliss-reactive ketones (excluding diaryl/α,β-unsaturated/α-hetero) is 1. The zero-order chi connectivity index (χ0) is 13.3. The van der Waals surface area contributed by atoms with Gasteiger partial charge in [0.25, 0.3) is 0 Å². The van der Waals surface area contributed by atoms with E-state index >= 15 is 0 Å². The van der Waals surface area contributed by atoms with Crippen molar-refractivity contribution in [2.75, 3.05) is 19.8 Å². The molecule has 0 aromatic heterocycles. The molecule has 1 aliphatic carbocycles. The minimum Gasteiger partial charge on any atom is -0.390 e. The molecule has 2 saturated heterocycles. The Kier molecular flexibility index (Phi) is 3.67. The first-order chi connectivity index (χ1) is 9.12. The van der Waals surface area contributed by atoms with Crippen LogP contribution in [0.1, 0.15) is 51.4 Å². The van der Waals surface area contributed by atoms with Crippen LogP contribution in [0.4, 0.5) is 0 Å². The molecular formula is C15H24O4. The molecule has 1 unspecified atom stereocenters. The van der Waals surface area contributed by atoms with Crippen molar-refractivity contribution in [2.45, 2.75) is 62.6 Å². The fourth-order valence-corrected chi connectivity index (χ4v) is 3.95. The third-order valence-electron chi connectivity index (χ3n) is 5.33. The van der Waals surface area contributed by atoms with Gasteiger partial charge >= 0.3 is 0 Å². The summed E-state index contributed by atoms with van der Waals surface area (Å²) in [5.41, 5.74) is -0.707. The van der Waals surface area contributed by atoms with Crippen molar-refractivity contribution in [3.8, 4) is 0 Å². The van der Waals surface area contributed by atoms with E-state index in [0.29, 0.717) is 31.5 Å². The number of hydrogen-bond acceptors (Lipinski definition) is 4. The molecule has 0 aromatic carbocycles. The van der Waals surface area contributed by atoms with Crippen molar-refractivity contribution in [1.29, 1.82) is 0 Å². The van der Waals surface area contributed by atoms with Crippen molar-refractivity contribution >= 4 is 5.78 Å². The maximum atomic E-state index is 11.4. The van der Waals surface area contributed by atoms with Gasteiger partial charge in [0.15, 0.2) is 0 Å². The number of carbonyl (C=O) groups excluding carboxylic acids is 1. The number of rotatable bonds is 1. The van der Waals surface area contributed by atoms with Gasteiger partial charge in [-0.2, -0.15) is 0 Å². The Morgan fingerprint density at radius 3 is 2.42 bits per heavy atom. The second-order valence-electron chi connectivity index (χ2n) is 6.48. The van der Waals surface area contributed by atoms with E-state index in [-0.39, 0.29) is 11.5 Å². The van der Waals surface area contributed by atoms with Crippen LogP contribution < -0.4 is 0 Å². The lowest BCUT2D eigenvalue weighted by Gasteiger charge is -2.49. The van der Waals surface area contributed by atoms with E-state index in [4.69, 9.17) is 9.47 Å². The molecule has 0 radical (unpaired) electrons. The fraction of sp³-hybridized carbons (Fsp3) is 0.933. The molecule has 19 heavy (non-hydrogen) atoms. The highest BCUT2D eigenvalue weighted by Crippen LogP contribution is 2.45. The number of hydrogen-bond donors (Lipinski definition) is 1. The van der Waals surface area contributed by atoms with Gasteiger partial charge in [0.05, 0.1) is 11.2 Å². The lowest BCUT2D eigenvalue weighted by atomic mass is 9.68. The van der Waals surface area contributed by atoms with Gasteiger partial charge in [-0.1, -0.05) is 0 Å². The highest BCUT2D eigenvalue weighted by atomic mass is 16.5. The van der Waals surface area contributed by atoms with E-state index in [1.165, 1.54) is 0 Å². The van der Waals surface area contributed by atoms with Gasteiger partial charge in [0, 0.05) is 32.7 Å². The summed E-state index contributed by atoms with van der Waals surface area (Å²) in [5, 5.41) is 10.9. The monoisotopic (exact) mass is 268 g/mol. The molecule has 0 bridgehead atoms. The van der Waals surface area contributed by atoms with Crippen molar-refractivity contribution in [3.63, 3.8) is 0 Å². The Labute approximate surface area is 114 Å². The predicted molar refractivity (Wildman–Crippen MR) is 69.9 cm³/mol. The van der Waals surface area contributed by atoms with E-state index in [9.17, 15) is 9.90 Å². The summed E-state index contributed by atoms with van der Waals surface area (Å²) in [6, 6.07) is 0. The predicted octanol–water partition coefficient (Wildman–Crippen LogP) is 1.84. The molecule has 108 valence electrons. The van der Waals surface area contributed by atoms with Crippen molar-refractivity contribution < 1.29 is 19.4 Å². The van der Waals surface area contributed by atoms with E-state index < -0.39 is 5.60 Å². The Balaban J connectivity index is 1.69. The van der Waals surface area contributed by atoms with Crippen molar-refractivity contribution in [3.05, 3.63) is 0 Å². The Morgan fingerprint density at radius 1 is 1.05 bits per heavy atom. The van der Waals surface area contributed by atoms with Crippen LogP contribution in [0.25, 0.3) is 0 Å². The zero-order valence-electron chi connectivity index (χ0n) is 11.5. The standard InChI is InChI=1S/C15H24O4/c16-13-1-4-15(17,5-2-13)12-3-8-19-14(11-12)6-9-18-10-7-14/h12,17H,1-11H2. The quantitative estimate of drug-likeness (QED) is 0.788. The van der Waals surface area contributed by atoms with Gasteiger partial charge in [-0.25, -0.2) is 0 Å². The molecule has 1 N–H and O–H groups in total. The molecule has 2 aliphatic heterocycles.